The summed E-state index contributed by atoms with van der Waals surface area (Å²) in [6.07, 6.45) is 1.23. The summed E-state index contributed by atoms with van der Waals surface area (Å²) in [5.74, 6) is -0.193. The summed E-state index contributed by atoms with van der Waals surface area (Å²) in [5, 5.41) is 0.496. The molecule has 0 saturated carbocycles. The van der Waals surface area contributed by atoms with Crippen LogP contribution in [-0.4, -0.2) is 49.7 Å². The lowest BCUT2D eigenvalue weighted by molar-refractivity contribution is -0.127. The molecule has 21 heavy (non-hydrogen) atoms. The lowest BCUT2D eigenvalue weighted by Gasteiger charge is -2.33. The predicted octanol–water partition coefficient (Wildman–Crippen LogP) is 2.01. The molecule has 0 unspecified atom stereocenters. The first kappa shape index (κ1) is 16.3. The molecule has 1 amide bonds. The highest BCUT2D eigenvalue weighted by atomic mass is 35.5. The van der Waals surface area contributed by atoms with E-state index in [9.17, 15) is 13.2 Å². The maximum atomic E-state index is 12.5. The van der Waals surface area contributed by atoms with Crippen molar-refractivity contribution in [1.29, 1.82) is 0 Å². The molecule has 1 aliphatic rings. The maximum Gasteiger partial charge on any atom is 0.246 e. The number of carbonyl (C=O) groups excluding carboxylic acids is 1. The van der Waals surface area contributed by atoms with Crippen LogP contribution in [-0.2, 0) is 14.8 Å². The third-order valence-corrected chi connectivity index (χ3v) is 5.89. The Kier molecular flexibility index (Phi) is 4.93. The smallest absolute Gasteiger partial charge is 0.246 e. The van der Waals surface area contributed by atoms with E-state index >= 15 is 0 Å². The molecule has 2 rings (SSSR count). The lowest BCUT2D eigenvalue weighted by atomic mass is 10.3. The molecule has 0 atom stereocenters. The van der Waals surface area contributed by atoms with Crippen LogP contribution in [0.15, 0.2) is 35.7 Å². The second kappa shape index (κ2) is 6.36. The van der Waals surface area contributed by atoms with Crippen molar-refractivity contribution in [3.63, 3.8) is 0 Å². The molecule has 5 nitrogen and oxygen atoms in total. The Labute approximate surface area is 133 Å². The highest BCUT2D eigenvalue weighted by Gasteiger charge is 2.29. The van der Waals surface area contributed by atoms with Crippen LogP contribution in [0.4, 0.5) is 0 Å². The van der Waals surface area contributed by atoms with Gasteiger partial charge in [0, 0.05) is 26.2 Å². The van der Waals surface area contributed by atoms with Gasteiger partial charge in [0.25, 0.3) is 0 Å². The molecule has 0 bridgehead atoms. The van der Waals surface area contributed by atoms with E-state index in [0.29, 0.717) is 18.1 Å². The van der Waals surface area contributed by atoms with E-state index in [1.165, 1.54) is 28.6 Å². The summed E-state index contributed by atoms with van der Waals surface area (Å²) < 4.78 is 26.3. The molecule has 0 radical (unpaired) electrons. The van der Waals surface area contributed by atoms with Crippen molar-refractivity contribution < 1.29 is 13.2 Å². The standard InChI is InChI=1S/C13H14Cl2N2O3S/c1-2-13(18)16-5-7-17(8-6-16)21(19,20)10-3-4-11(14)12(15)9-10/h2-4,9H,1,5-8H2. The summed E-state index contributed by atoms with van der Waals surface area (Å²) in [4.78, 5) is 13.1. The van der Waals surface area contributed by atoms with Crippen molar-refractivity contribution in [2.24, 2.45) is 0 Å². The third-order valence-electron chi connectivity index (χ3n) is 3.25. The Morgan fingerprint density at radius 1 is 1.14 bits per heavy atom. The zero-order chi connectivity index (χ0) is 15.6. The predicted molar refractivity (Wildman–Crippen MR) is 82.0 cm³/mol. The molecule has 8 heteroatoms. The van der Waals surface area contributed by atoms with Crippen LogP contribution < -0.4 is 0 Å². The van der Waals surface area contributed by atoms with Gasteiger partial charge >= 0.3 is 0 Å². The fourth-order valence-corrected chi connectivity index (χ4v) is 3.88. The maximum absolute atomic E-state index is 12.5. The third kappa shape index (κ3) is 3.40. The minimum Gasteiger partial charge on any atom is -0.337 e. The molecular weight excluding hydrogens is 335 g/mol. The number of halogens is 2. The van der Waals surface area contributed by atoms with E-state index in [-0.39, 0.29) is 28.9 Å². The molecule has 0 aliphatic carbocycles. The topological polar surface area (TPSA) is 57.7 Å². The summed E-state index contributed by atoms with van der Waals surface area (Å²) in [6.45, 7) is 4.57. The zero-order valence-electron chi connectivity index (χ0n) is 11.1. The fraction of sp³-hybridized carbons (Fsp3) is 0.308. The van der Waals surface area contributed by atoms with Crippen molar-refractivity contribution in [3.8, 4) is 0 Å². The highest BCUT2D eigenvalue weighted by molar-refractivity contribution is 7.89. The van der Waals surface area contributed by atoms with E-state index in [2.05, 4.69) is 6.58 Å². The van der Waals surface area contributed by atoms with Gasteiger partial charge in [-0.05, 0) is 24.3 Å². The van der Waals surface area contributed by atoms with Crippen molar-refractivity contribution >= 4 is 39.1 Å². The first-order valence-corrected chi connectivity index (χ1v) is 8.42. The molecule has 1 saturated heterocycles. The molecule has 1 heterocycles. The number of amides is 1. The van der Waals surface area contributed by atoms with Gasteiger partial charge in [0.15, 0.2) is 0 Å². The van der Waals surface area contributed by atoms with Gasteiger partial charge in [-0.3, -0.25) is 4.79 Å². The molecule has 114 valence electrons. The Morgan fingerprint density at radius 3 is 2.29 bits per heavy atom. The van der Waals surface area contributed by atoms with Gasteiger partial charge in [-0.2, -0.15) is 4.31 Å². The van der Waals surface area contributed by atoms with E-state index in [1.807, 2.05) is 0 Å². The SMILES string of the molecule is C=CC(=O)N1CCN(S(=O)(=O)c2ccc(Cl)c(Cl)c2)CC1. The Bertz CT molecular complexity index is 668. The first-order chi connectivity index (χ1) is 9.86. The Hall–Kier alpha value is -1.08. The van der Waals surface area contributed by atoms with Crippen LogP contribution in [0.25, 0.3) is 0 Å². The van der Waals surface area contributed by atoms with Crippen LogP contribution in [0, 0.1) is 0 Å². The van der Waals surface area contributed by atoms with Crippen LogP contribution in [0.5, 0.6) is 0 Å². The normalized spacial score (nSPS) is 16.8. The molecule has 1 aliphatic heterocycles. The van der Waals surface area contributed by atoms with Gasteiger partial charge < -0.3 is 4.90 Å². The minimum atomic E-state index is -3.63. The summed E-state index contributed by atoms with van der Waals surface area (Å²) in [5.41, 5.74) is 0. The molecule has 1 fully saturated rings. The van der Waals surface area contributed by atoms with Gasteiger partial charge in [0.05, 0.1) is 14.9 Å². The quantitative estimate of drug-likeness (QED) is 0.785. The average molecular weight is 349 g/mol. The number of nitrogens with zero attached hydrogens (tertiary/aromatic N) is 2. The van der Waals surface area contributed by atoms with Crippen LogP contribution >= 0.6 is 23.2 Å². The number of carbonyl (C=O) groups is 1. The fourth-order valence-electron chi connectivity index (χ4n) is 2.06. The molecular formula is C13H14Cl2N2O3S. The van der Waals surface area contributed by atoms with Crippen LogP contribution in [0.1, 0.15) is 0 Å². The number of rotatable bonds is 3. The highest BCUT2D eigenvalue weighted by Crippen LogP contribution is 2.26. The lowest BCUT2D eigenvalue weighted by Crippen LogP contribution is -2.50. The first-order valence-electron chi connectivity index (χ1n) is 6.23. The summed E-state index contributed by atoms with van der Waals surface area (Å²) in [6, 6.07) is 4.21. The van der Waals surface area contributed by atoms with Crippen molar-refractivity contribution in [3.05, 3.63) is 40.9 Å². The Morgan fingerprint density at radius 2 is 1.76 bits per heavy atom. The Balaban J connectivity index is 2.16. The van der Waals surface area contributed by atoms with E-state index in [0.717, 1.165) is 0 Å². The number of hydrogen-bond donors (Lipinski definition) is 0. The van der Waals surface area contributed by atoms with E-state index < -0.39 is 10.0 Å². The molecule has 0 aromatic heterocycles. The number of hydrogen-bond acceptors (Lipinski definition) is 3. The van der Waals surface area contributed by atoms with Gasteiger partial charge in [-0.1, -0.05) is 29.8 Å². The monoisotopic (exact) mass is 348 g/mol. The van der Waals surface area contributed by atoms with Crippen molar-refractivity contribution in [2.75, 3.05) is 26.2 Å². The van der Waals surface area contributed by atoms with Crippen LogP contribution in [0.2, 0.25) is 10.0 Å². The van der Waals surface area contributed by atoms with Crippen molar-refractivity contribution in [2.45, 2.75) is 4.90 Å². The minimum absolute atomic E-state index is 0.0976. The van der Waals surface area contributed by atoms with E-state index in [4.69, 9.17) is 23.2 Å². The van der Waals surface area contributed by atoms with Gasteiger partial charge in [0.1, 0.15) is 0 Å². The average Bonchev–Trinajstić information content (AvgIpc) is 2.49. The molecule has 0 N–H and O–H groups in total. The molecule has 1 aromatic carbocycles. The zero-order valence-corrected chi connectivity index (χ0v) is 13.5. The number of sulfonamides is 1. The second-order valence-corrected chi connectivity index (χ2v) is 7.26. The summed E-state index contributed by atoms with van der Waals surface area (Å²) >= 11 is 11.7. The van der Waals surface area contributed by atoms with E-state index in [1.54, 1.807) is 4.90 Å². The van der Waals surface area contributed by atoms with Crippen LogP contribution in [0.3, 0.4) is 0 Å². The molecule has 1 aromatic rings. The second-order valence-electron chi connectivity index (χ2n) is 4.51. The van der Waals surface area contributed by atoms with Gasteiger partial charge in [-0.15, -0.1) is 0 Å². The number of piperazine rings is 1. The van der Waals surface area contributed by atoms with Gasteiger partial charge in [0.2, 0.25) is 15.9 Å². The summed E-state index contributed by atoms with van der Waals surface area (Å²) in [7, 11) is -3.63. The molecule has 0 spiro atoms. The van der Waals surface area contributed by atoms with Crippen molar-refractivity contribution in [1.82, 2.24) is 9.21 Å². The largest absolute Gasteiger partial charge is 0.337 e. The van der Waals surface area contributed by atoms with Gasteiger partial charge in [-0.25, -0.2) is 8.42 Å². The number of benzene rings is 1.